The van der Waals surface area contributed by atoms with Gasteiger partial charge in [-0.3, -0.25) is 4.40 Å². The van der Waals surface area contributed by atoms with Crippen molar-refractivity contribution >= 4 is 21.9 Å². The third kappa shape index (κ3) is 3.92. The fraction of sp³-hybridized carbons (Fsp3) is 0.136. The van der Waals surface area contributed by atoms with E-state index in [0.29, 0.717) is 22.5 Å². The van der Waals surface area contributed by atoms with E-state index in [0.717, 1.165) is 9.98 Å². The van der Waals surface area contributed by atoms with Crippen LogP contribution in [0.2, 0.25) is 0 Å². The van der Waals surface area contributed by atoms with Crippen LogP contribution in [-0.2, 0) is 10.0 Å². The van der Waals surface area contributed by atoms with Gasteiger partial charge in [-0.25, -0.2) is 9.97 Å². The Balaban J connectivity index is 1.69. The van der Waals surface area contributed by atoms with Gasteiger partial charge in [-0.1, -0.05) is 6.07 Å². The Bertz CT molecular complexity index is 1430. The molecule has 0 saturated heterocycles. The number of rotatable bonds is 6. The van der Waals surface area contributed by atoms with Gasteiger partial charge in [0.15, 0.2) is 0 Å². The zero-order chi connectivity index (χ0) is 22.9. The van der Waals surface area contributed by atoms with Crippen LogP contribution in [0, 0.1) is 12.9 Å². The summed E-state index contributed by atoms with van der Waals surface area (Å²) in [5.74, 6) is -0.351. The fourth-order valence-electron chi connectivity index (χ4n) is 3.19. The summed E-state index contributed by atoms with van der Waals surface area (Å²) < 4.78 is 47.9. The van der Waals surface area contributed by atoms with Gasteiger partial charge >= 0.3 is 0 Å². The predicted molar refractivity (Wildman–Crippen MR) is 119 cm³/mol. The van der Waals surface area contributed by atoms with Crippen LogP contribution in [0.4, 0.5) is 4.39 Å². The average molecular weight is 453 g/mol. The molecule has 8 nitrogen and oxygen atoms in total. The van der Waals surface area contributed by atoms with Crippen LogP contribution in [0.15, 0.2) is 71.1 Å². The summed E-state index contributed by atoms with van der Waals surface area (Å²) in [4.78, 5) is 7.99. The summed E-state index contributed by atoms with van der Waals surface area (Å²) in [6.07, 6.45) is 6.01. The highest BCUT2D eigenvalue weighted by atomic mass is 32.2. The molecule has 0 radical (unpaired) electrons. The number of nitrogens with zero attached hydrogens (tertiary/aromatic N) is 5. The lowest BCUT2D eigenvalue weighted by atomic mass is 10.1. The van der Waals surface area contributed by atoms with Crippen LogP contribution in [0.5, 0.6) is 5.75 Å². The van der Waals surface area contributed by atoms with Crippen LogP contribution < -0.4 is 4.74 Å². The van der Waals surface area contributed by atoms with Crippen molar-refractivity contribution in [1.82, 2.24) is 18.8 Å². The van der Waals surface area contributed by atoms with Crippen LogP contribution >= 0.6 is 0 Å². The summed E-state index contributed by atoms with van der Waals surface area (Å²) in [5, 5.41) is 4.11. The molecule has 4 aromatic rings. The lowest BCUT2D eigenvalue weighted by Gasteiger charge is -2.16. The first-order valence-corrected chi connectivity index (χ1v) is 11.0. The van der Waals surface area contributed by atoms with E-state index in [9.17, 15) is 12.8 Å². The highest BCUT2D eigenvalue weighted by Gasteiger charge is 2.24. The number of halogens is 1. The number of pyridine rings is 2. The molecule has 0 unspecified atom stereocenters. The van der Waals surface area contributed by atoms with E-state index in [2.05, 4.69) is 15.1 Å². The molecule has 0 fully saturated rings. The lowest BCUT2D eigenvalue weighted by Crippen LogP contribution is -2.22. The van der Waals surface area contributed by atoms with Gasteiger partial charge in [0.05, 0.1) is 25.2 Å². The summed E-state index contributed by atoms with van der Waals surface area (Å²) in [7, 11) is -1.19. The number of imidazole rings is 1. The number of benzene rings is 1. The summed E-state index contributed by atoms with van der Waals surface area (Å²) in [6, 6.07) is 11.7. The molecule has 0 spiro atoms. The molecule has 0 aliphatic carbocycles. The number of fused-ring (bicyclic) bond motifs is 1. The second kappa shape index (κ2) is 8.39. The number of hydrazone groups is 1. The Hall–Kier alpha value is -3.79. The first-order chi connectivity index (χ1) is 15.3. The van der Waals surface area contributed by atoms with Gasteiger partial charge in [0.2, 0.25) is 5.95 Å². The molecule has 0 N–H and O–H groups in total. The maximum absolute atomic E-state index is 14.1. The monoisotopic (exact) mass is 453 g/mol. The lowest BCUT2D eigenvalue weighted by molar-refractivity contribution is 0.399. The average Bonchev–Trinajstić information content (AvgIpc) is 3.19. The molecule has 3 aromatic heterocycles. The van der Waals surface area contributed by atoms with Gasteiger partial charge in [-0.15, -0.1) is 0 Å². The molecule has 164 valence electrons. The van der Waals surface area contributed by atoms with E-state index >= 15 is 0 Å². The van der Waals surface area contributed by atoms with Crippen molar-refractivity contribution in [3.63, 3.8) is 0 Å². The fourth-order valence-corrected chi connectivity index (χ4v) is 4.38. The standard InChI is InChI=1S/C22H20FN5O3S/c1-15-6-8-19(31-3)20(11-15)32(29,30)27(2)26-13-17-12-25-21-9-7-16(14-28(17)21)18-5-4-10-24-22(18)23/h4-14H,1-3H3. The molecule has 1 aromatic carbocycles. The molecule has 32 heavy (non-hydrogen) atoms. The Morgan fingerprint density at radius 3 is 2.75 bits per heavy atom. The third-order valence-electron chi connectivity index (χ3n) is 4.90. The molecule has 0 aliphatic rings. The molecule has 10 heteroatoms. The maximum atomic E-state index is 14.1. The smallest absolute Gasteiger partial charge is 0.282 e. The van der Waals surface area contributed by atoms with Gasteiger partial charge in [0.25, 0.3) is 10.0 Å². The number of hydrogen-bond donors (Lipinski definition) is 0. The van der Waals surface area contributed by atoms with E-state index in [1.54, 1.807) is 60.1 Å². The first-order valence-electron chi connectivity index (χ1n) is 9.57. The van der Waals surface area contributed by atoms with E-state index in [-0.39, 0.29) is 10.6 Å². The number of ether oxygens (including phenoxy) is 1. The summed E-state index contributed by atoms with van der Waals surface area (Å²) in [6.45, 7) is 1.79. The normalized spacial score (nSPS) is 11.9. The minimum atomic E-state index is -3.94. The minimum Gasteiger partial charge on any atom is -0.495 e. The number of aryl methyl sites for hydroxylation is 1. The number of sulfonamides is 1. The zero-order valence-electron chi connectivity index (χ0n) is 17.6. The Morgan fingerprint density at radius 1 is 1.19 bits per heavy atom. The second-order valence-corrected chi connectivity index (χ2v) is 8.93. The van der Waals surface area contributed by atoms with Crippen LogP contribution in [0.3, 0.4) is 0 Å². The van der Waals surface area contributed by atoms with Crippen LogP contribution in [0.25, 0.3) is 16.8 Å². The van der Waals surface area contributed by atoms with Crippen molar-refractivity contribution in [2.24, 2.45) is 5.10 Å². The topological polar surface area (TPSA) is 89.2 Å². The molecule has 0 saturated carbocycles. The minimum absolute atomic E-state index is 0.0205. The maximum Gasteiger partial charge on any atom is 0.282 e. The highest BCUT2D eigenvalue weighted by Crippen LogP contribution is 2.27. The van der Waals surface area contributed by atoms with Crippen molar-refractivity contribution in [2.75, 3.05) is 14.2 Å². The van der Waals surface area contributed by atoms with Crippen molar-refractivity contribution in [3.05, 3.63) is 78.3 Å². The zero-order valence-corrected chi connectivity index (χ0v) is 18.4. The summed E-state index contributed by atoms with van der Waals surface area (Å²) >= 11 is 0. The van der Waals surface area contributed by atoms with Gasteiger partial charge in [-0.05, 0) is 48.9 Å². The van der Waals surface area contributed by atoms with E-state index < -0.39 is 16.0 Å². The number of methoxy groups -OCH3 is 1. The number of aromatic nitrogens is 3. The SMILES string of the molecule is COc1ccc(C)cc1S(=O)(=O)N(C)N=Cc1cnc2ccc(-c3cccnc3F)cn12. The second-order valence-electron chi connectivity index (χ2n) is 7.01. The quantitative estimate of drug-likeness (QED) is 0.253. The Kier molecular flexibility index (Phi) is 5.62. The highest BCUT2D eigenvalue weighted by molar-refractivity contribution is 7.89. The summed E-state index contributed by atoms with van der Waals surface area (Å²) in [5.41, 5.74) is 2.84. The number of hydrogen-bond acceptors (Lipinski definition) is 6. The van der Waals surface area contributed by atoms with Gasteiger partial charge in [0, 0.05) is 30.6 Å². The molecular weight excluding hydrogens is 433 g/mol. The van der Waals surface area contributed by atoms with Crippen LogP contribution in [0.1, 0.15) is 11.3 Å². The van der Waals surface area contributed by atoms with Crippen molar-refractivity contribution in [1.29, 1.82) is 0 Å². The first kappa shape index (κ1) is 21.4. The Morgan fingerprint density at radius 2 is 2.00 bits per heavy atom. The third-order valence-corrected chi connectivity index (χ3v) is 6.57. The van der Waals surface area contributed by atoms with Crippen molar-refractivity contribution < 1.29 is 17.5 Å². The van der Waals surface area contributed by atoms with Crippen LogP contribution in [-0.4, -0.2) is 47.6 Å². The van der Waals surface area contributed by atoms with Crippen molar-refractivity contribution in [3.8, 4) is 16.9 Å². The molecule has 3 heterocycles. The largest absolute Gasteiger partial charge is 0.495 e. The molecule has 0 amide bonds. The molecular formula is C22H20FN5O3S. The van der Waals surface area contributed by atoms with Crippen molar-refractivity contribution in [2.45, 2.75) is 11.8 Å². The van der Waals surface area contributed by atoms with E-state index in [1.807, 2.05) is 0 Å². The molecule has 0 aliphatic heterocycles. The van der Waals surface area contributed by atoms with E-state index in [1.165, 1.54) is 32.6 Å². The van der Waals surface area contributed by atoms with Gasteiger partial charge < -0.3 is 4.74 Å². The van der Waals surface area contributed by atoms with Gasteiger partial charge in [-0.2, -0.15) is 22.3 Å². The van der Waals surface area contributed by atoms with E-state index in [4.69, 9.17) is 4.74 Å². The Labute approximate surface area is 184 Å². The molecule has 0 bridgehead atoms. The predicted octanol–water partition coefficient (Wildman–Crippen LogP) is 3.51. The molecule has 0 atom stereocenters. The van der Waals surface area contributed by atoms with Gasteiger partial charge in [0.1, 0.15) is 16.3 Å². The molecule has 4 rings (SSSR count).